The topological polar surface area (TPSA) is 20.2 Å². The highest BCUT2D eigenvalue weighted by atomic mass is 16.3. The molecule has 0 amide bonds. The summed E-state index contributed by atoms with van der Waals surface area (Å²) in [5.74, 6) is 3.99. The van der Waals surface area contributed by atoms with E-state index in [9.17, 15) is 5.11 Å². The van der Waals surface area contributed by atoms with Gasteiger partial charge in [0.2, 0.25) is 0 Å². The Labute approximate surface area is 132 Å². The van der Waals surface area contributed by atoms with Crippen LogP contribution in [0.2, 0.25) is 0 Å². The molecule has 0 bridgehead atoms. The maximum absolute atomic E-state index is 10.4. The van der Waals surface area contributed by atoms with E-state index in [0.717, 1.165) is 30.1 Å². The fraction of sp³-hybridized carbons (Fsp3) is 1.00. The molecule has 2 fully saturated rings. The molecule has 0 radical (unpaired) electrons. The zero-order valence-electron chi connectivity index (χ0n) is 15.1. The first-order chi connectivity index (χ1) is 9.90. The van der Waals surface area contributed by atoms with Gasteiger partial charge in [0.25, 0.3) is 0 Å². The quantitative estimate of drug-likeness (QED) is 0.670. The predicted octanol–water partition coefficient (Wildman–Crippen LogP) is 5.66. The number of rotatable bonds is 6. The maximum Gasteiger partial charge on any atom is 0.0573 e. The third kappa shape index (κ3) is 3.49. The number of aliphatic hydroxyl groups is 1. The van der Waals surface area contributed by atoms with Crippen molar-refractivity contribution in [3.63, 3.8) is 0 Å². The fourth-order valence-corrected chi connectivity index (χ4v) is 5.81. The standard InChI is InChI=1S/C20H38O/c1-6-16(14(2)3)10-9-15(4)17-11-12-18-19(21)8-7-13-20(17,18)5/h14-19,21H,6-13H2,1-5H3/t15-,16-,17-,18+,19+,20-/m1/s1. The summed E-state index contributed by atoms with van der Waals surface area (Å²) < 4.78 is 0. The van der Waals surface area contributed by atoms with Crippen molar-refractivity contribution in [2.45, 2.75) is 92.1 Å². The van der Waals surface area contributed by atoms with Crippen LogP contribution in [0.1, 0.15) is 86.0 Å². The van der Waals surface area contributed by atoms with E-state index in [-0.39, 0.29) is 6.10 Å². The first-order valence-corrected chi connectivity index (χ1v) is 9.58. The van der Waals surface area contributed by atoms with Crippen molar-refractivity contribution in [2.75, 3.05) is 0 Å². The molecular formula is C20H38O. The van der Waals surface area contributed by atoms with E-state index in [2.05, 4.69) is 34.6 Å². The lowest BCUT2D eigenvalue weighted by Crippen LogP contribution is -2.41. The molecule has 0 aromatic rings. The Bertz CT molecular complexity index is 324. The number of hydrogen-bond acceptors (Lipinski definition) is 1. The van der Waals surface area contributed by atoms with Crippen molar-refractivity contribution in [2.24, 2.45) is 35.0 Å². The van der Waals surface area contributed by atoms with Gasteiger partial charge in [-0.1, -0.05) is 53.9 Å². The van der Waals surface area contributed by atoms with Crippen LogP contribution in [0.4, 0.5) is 0 Å². The van der Waals surface area contributed by atoms with Crippen LogP contribution in [0.15, 0.2) is 0 Å². The molecule has 0 unspecified atom stereocenters. The molecule has 2 saturated carbocycles. The van der Waals surface area contributed by atoms with Crippen molar-refractivity contribution in [1.29, 1.82) is 0 Å². The summed E-state index contributed by atoms with van der Waals surface area (Å²) >= 11 is 0. The summed E-state index contributed by atoms with van der Waals surface area (Å²) in [5, 5.41) is 10.4. The van der Waals surface area contributed by atoms with Crippen LogP contribution >= 0.6 is 0 Å². The van der Waals surface area contributed by atoms with Crippen molar-refractivity contribution in [1.82, 2.24) is 0 Å². The van der Waals surface area contributed by atoms with E-state index in [1.807, 2.05) is 0 Å². The maximum atomic E-state index is 10.4. The van der Waals surface area contributed by atoms with E-state index in [1.165, 1.54) is 44.9 Å². The first kappa shape index (κ1) is 17.3. The predicted molar refractivity (Wildman–Crippen MR) is 91.2 cm³/mol. The highest BCUT2D eigenvalue weighted by Gasteiger charge is 2.51. The molecule has 1 nitrogen and oxygen atoms in total. The second-order valence-electron chi connectivity index (χ2n) is 8.72. The molecule has 0 saturated heterocycles. The van der Waals surface area contributed by atoms with Gasteiger partial charge >= 0.3 is 0 Å². The molecule has 6 atom stereocenters. The average Bonchev–Trinajstić information content (AvgIpc) is 2.77. The highest BCUT2D eigenvalue weighted by molar-refractivity contribution is 5.01. The van der Waals surface area contributed by atoms with Gasteiger partial charge < -0.3 is 5.11 Å². The van der Waals surface area contributed by atoms with E-state index >= 15 is 0 Å². The van der Waals surface area contributed by atoms with Crippen LogP contribution < -0.4 is 0 Å². The van der Waals surface area contributed by atoms with Gasteiger partial charge in [0.15, 0.2) is 0 Å². The normalized spacial score (nSPS) is 39.3. The summed E-state index contributed by atoms with van der Waals surface area (Å²) in [6.07, 6.45) is 10.4. The summed E-state index contributed by atoms with van der Waals surface area (Å²) in [4.78, 5) is 0. The molecule has 0 heterocycles. The number of aliphatic hydroxyl groups excluding tert-OH is 1. The van der Waals surface area contributed by atoms with Crippen LogP contribution in [0.25, 0.3) is 0 Å². The lowest BCUT2D eigenvalue weighted by molar-refractivity contribution is -0.0282. The molecule has 1 N–H and O–H groups in total. The van der Waals surface area contributed by atoms with E-state index in [0.29, 0.717) is 11.3 Å². The minimum absolute atomic E-state index is 0.0139. The third-order valence-electron chi connectivity index (χ3n) is 7.31. The minimum atomic E-state index is -0.0139. The number of hydrogen-bond donors (Lipinski definition) is 1. The van der Waals surface area contributed by atoms with Crippen LogP contribution in [0, 0.1) is 35.0 Å². The van der Waals surface area contributed by atoms with Crippen LogP contribution in [0.3, 0.4) is 0 Å². The summed E-state index contributed by atoms with van der Waals surface area (Å²) in [7, 11) is 0. The summed E-state index contributed by atoms with van der Waals surface area (Å²) in [6, 6.07) is 0. The Morgan fingerprint density at radius 2 is 1.81 bits per heavy atom. The van der Waals surface area contributed by atoms with E-state index in [1.54, 1.807) is 0 Å². The van der Waals surface area contributed by atoms with Gasteiger partial charge in [0.1, 0.15) is 0 Å². The largest absolute Gasteiger partial charge is 0.393 e. The Kier molecular flexibility index (Phi) is 5.79. The SMILES string of the molecule is CC[C@H](CC[C@@H](C)[C@H]1CC[C@H]2[C@@H](O)CCC[C@]12C)C(C)C. The van der Waals surface area contributed by atoms with Crippen molar-refractivity contribution in [3.8, 4) is 0 Å². The number of fused-ring (bicyclic) bond motifs is 1. The van der Waals surface area contributed by atoms with Crippen LogP contribution in [-0.2, 0) is 0 Å². The van der Waals surface area contributed by atoms with Gasteiger partial charge in [-0.2, -0.15) is 0 Å². The molecule has 21 heavy (non-hydrogen) atoms. The zero-order chi connectivity index (χ0) is 15.6. The summed E-state index contributed by atoms with van der Waals surface area (Å²) in [6.45, 7) is 12.1. The Morgan fingerprint density at radius 3 is 2.43 bits per heavy atom. The minimum Gasteiger partial charge on any atom is -0.393 e. The Balaban J connectivity index is 1.95. The average molecular weight is 295 g/mol. The lowest BCUT2D eigenvalue weighted by Gasteiger charge is -2.45. The van der Waals surface area contributed by atoms with Gasteiger partial charge in [-0.25, -0.2) is 0 Å². The van der Waals surface area contributed by atoms with E-state index < -0.39 is 0 Å². The second-order valence-corrected chi connectivity index (χ2v) is 8.72. The van der Waals surface area contributed by atoms with Gasteiger partial charge in [-0.15, -0.1) is 0 Å². The highest BCUT2D eigenvalue weighted by Crippen LogP contribution is 2.58. The van der Waals surface area contributed by atoms with Gasteiger partial charge in [0, 0.05) is 0 Å². The van der Waals surface area contributed by atoms with Crippen LogP contribution in [0.5, 0.6) is 0 Å². The molecule has 0 aromatic carbocycles. The zero-order valence-corrected chi connectivity index (χ0v) is 15.1. The fourth-order valence-electron chi connectivity index (χ4n) is 5.81. The molecule has 1 heteroatoms. The van der Waals surface area contributed by atoms with Crippen LogP contribution in [-0.4, -0.2) is 11.2 Å². The van der Waals surface area contributed by atoms with Crippen molar-refractivity contribution >= 4 is 0 Å². The smallest absolute Gasteiger partial charge is 0.0573 e. The molecule has 2 aliphatic rings. The Hall–Kier alpha value is -0.0400. The second kappa shape index (κ2) is 7.02. The van der Waals surface area contributed by atoms with Crippen molar-refractivity contribution < 1.29 is 5.11 Å². The Morgan fingerprint density at radius 1 is 1.10 bits per heavy atom. The monoisotopic (exact) mass is 294 g/mol. The molecule has 0 spiro atoms. The molecular weight excluding hydrogens is 256 g/mol. The van der Waals surface area contributed by atoms with Gasteiger partial charge in [-0.05, 0) is 67.1 Å². The lowest BCUT2D eigenvalue weighted by atomic mass is 9.61. The van der Waals surface area contributed by atoms with Gasteiger partial charge in [0.05, 0.1) is 6.10 Å². The molecule has 0 aliphatic heterocycles. The third-order valence-corrected chi connectivity index (χ3v) is 7.31. The van der Waals surface area contributed by atoms with E-state index in [4.69, 9.17) is 0 Å². The molecule has 2 rings (SSSR count). The molecule has 124 valence electrons. The van der Waals surface area contributed by atoms with Gasteiger partial charge in [-0.3, -0.25) is 0 Å². The molecule has 0 aromatic heterocycles. The van der Waals surface area contributed by atoms with Crippen molar-refractivity contribution in [3.05, 3.63) is 0 Å². The summed E-state index contributed by atoms with van der Waals surface area (Å²) in [5.41, 5.74) is 0.427. The molecule has 2 aliphatic carbocycles. The first-order valence-electron chi connectivity index (χ1n) is 9.58.